The van der Waals surface area contributed by atoms with Crippen molar-refractivity contribution in [3.63, 3.8) is 0 Å². The van der Waals surface area contributed by atoms with Crippen LogP contribution in [0.25, 0.3) is 0 Å². The largest absolute Gasteiger partial charge is 0.497 e. The lowest BCUT2D eigenvalue weighted by Gasteiger charge is -2.16. The Kier molecular flexibility index (Phi) is 6.83. The molecule has 0 radical (unpaired) electrons. The zero-order valence-corrected chi connectivity index (χ0v) is 15.0. The second-order valence-electron chi connectivity index (χ2n) is 5.78. The van der Waals surface area contributed by atoms with Gasteiger partial charge in [-0.05, 0) is 41.7 Å². The van der Waals surface area contributed by atoms with Crippen LogP contribution >= 0.6 is 0 Å². The molecule has 0 spiro atoms. The number of methoxy groups -OCH3 is 1. The van der Waals surface area contributed by atoms with Crippen molar-refractivity contribution in [2.45, 2.75) is 32.8 Å². The molecule has 2 aromatic carbocycles. The molecule has 3 N–H and O–H groups in total. The van der Waals surface area contributed by atoms with Gasteiger partial charge in [0.25, 0.3) is 0 Å². The molecule has 25 heavy (non-hydrogen) atoms. The average molecular weight is 342 g/mol. The molecule has 0 saturated heterocycles. The number of anilines is 1. The van der Waals surface area contributed by atoms with E-state index in [-0.39, 0.29) is 12.6 Å². The standard InChI is InChI=1S/C20H26N2O3/c1-4-14-7-6-8-15(5-2)19(14)22-20(24)21-13-18(23)16-9-11-17(25-3)12-10-16/h6-12,18,23H,4-5,13H2,1-3H3,(H2,21,22,24). The molecule has 0 heterocycles. The van der Waals surface area contributed by atoms with Gasteiger partial charge in [-0.3, -0.25) is 0 Å². The number of hydrogen-bond donors (Lipinski definition) is 3. The van der Waals surface area contributed by atoms with E-state index in [1.165, 1.54) is 0 Å². The lowest BCUT2D eigenvalue weighted by atomic mass is 10.0. The first kappa shape index (κ1) is 18.8. The highest BCUT2D eigenvalue weighted by molar-refractivity contribution is 5.91. The quantitative estimate of drug-likeness (QED) is 0.719. The second kappa shape index (κ2) is 9.08. The molecule has 2 rings (SSSR count). The maximum atomic E-state index is 12.2. The molecular formula is C20H26N2O3. The lowest BCUT2D eigenvalue weighted by Crippen LogP contribution is -2.33. The maximum Gasteiger partial charge on any atom is 0.319 e. The zero-order chi connectivity index (χ0) is 18.2. The summed E-state index contributed by atoms with van der Waals surface area (Å²) in [4.78, 5) is 12.2. The first-order valence-corrected chi connectivity index (χ1v) is 8.56. The van der Waals surface area contributed by atoms with Gasteiger partial charge in [0.05, 0.1) is 13.2 Å². The third-order valence-corrected chi connectivity index (χ3v) is 4.19. The molecule has 134 valence electrons. The normalized spacial score (nSPS) is 11.7. The number of ether oxygens (including phenoxy) is 1. The van der Waals surface area contributed by atoms with E-state index in [9.17, 15) is 9.90 Å². The Morgan fingerprint density at radius 1 is 1.08 bits per heavy atom. The van der Waals surface area contributed by atoms with Crippen LogP contribution in [0.15, 0.2) is 42.5 Å². The minimum Gasteiger partial charge on any atom is -0.497 e. The highest BCUT2D eigenvalue weighted by Gasteiger charge is 2.12. The minimum absolute atomic E-state index is 0.133. The van der Waals surface area contributed by atoms with Crippen molar-refractivity contribution in [1.82, 2.24) is 5.32 Å². The summed E-state index contributed by atoms with van der Waals surface area (Å²) in [7, 11) is 1.59. The molecule has 0 aliphatic rings. The van der Waals surface area contributed by atoms with Crippen LogP contribution < -0.4 is 15.4 Å². The molecule has 0 bridgehead atoms. The summed E-state index contributed by atoms with van der Waals surface area (Å²) in [5.74, 6) is 0.727. The zero-order valence-electron chi connectivity index (χ0n) is 15.0. The Balaban J connectivity index is 1.96. The first-order chi connectivity index (χ1) is 12.1. The van der Waals surface area contributed by atoms with Crippen LogP contribution in [0.2, 0.25) is 0 Å². The van der Waals surface area contributed by atoms with Crippen molar-refractivity contribution in [3.8, 4) is 5.75 Å². The smallest absolute Gasteiger partial charge is 0.319 e. The van der Waals surface area contributed by atoms with Gasteiger partial charge >= 0.3 is 6.03 Å². The van der Waals surface area contributed by atoms with Crippen molar-refractivity contribution < 1.29 is 14.6 Å². The Labute approximate surface area is 149 Å². The Bertz CT molecular complexity index is 676. The van der Waals surface area contributed by atoms with Gasteiger partial charge < -0.3 is 20.5 Å². The SMILES string of the molecule is CCc1cccc(CC)c1NC(=O)NCC(O)c1ccc(OC)cc1. The summed E-state index contributed by atoms with van der Waals surface area (Å²) < 4.78 is 5.10. The number of aliphatic hydroxyl groups is 1. The van der Waals surface area contributed by atoms with E-state index in [1.54, 1.807) is 31.4 Å². The number of rotatable bonds is 7. The molecule has 0 saturated carbocycles. The van der Waals surface area contributed by atoms with Gasteiger partial charge in [-0.2, -0.15) is 0 Å². The van der Waals surface area contributed by atoms with Gasteiger partial charge in [-0.25, -0.2) is 4.79 Å². The molecule has 0 fully saturated rings. The fraction of sp³-hybridized carbons (Fsp3) is 0.350. The number of para-hydroxylation sites is 1. The maximum absolute atomic E-state index is 12.2. The summed E-state index contributed by atoms with van der Waals surface area (Å²) in [5.41, 5.74) is 3.80. The van der Waals surface area contributed by atoms with E-state index in [4.69, 9.17) is 4.74 Å². The number of urea groups is 1. The predicted molar refractivity (Wildman–Crippen MR) is 100 cm³/mol. The minimum atomic E-state index is -0.774. The van der Waals surface area contributed by atoms with E-state index < -0.39 is 6.10 Å². The molecular weight excluding hydrogens is 316 g/mol. The van der Waals surface area contributed by atoms with Crippen LogP contribution in [0.3, 0.4) is 0 Å². The third kappa shape index (κ3) is 4.97. The van der Waals surface area contributed by atoms with E-state index in [1.807, 2.05) is 18.2 Å². The van der Waals surface area contributed by atoms with E-state index in [0.717, 1.165) is 41.0 Å². The van der Waals surface area contributed by atoms with Crippen molar-refractivity contribution in [1.29, 1.82) is 0 Å². The van der Waals surface area contributed by atoms with Crippen LogP contribution in [-0.2, 0) is 12.8 Å². The van der Waals surface area contributed by atoms with Gasteiger partial charge in [0.2, 0.25) is 0 Å². The number of hydrogen-bond acceptors (Lipinski definition) is 3. The Morgan fingerprint density at radius 3 is 2.20 bits per heavy atom. The molecule has 0 aliphatic heterocycles. The Hall–Kier alpha value is -2.53. The molecule has 0 aromatic heterocycles. The van der Waals surface area contributed by atoms with Crippen molar-refractivity contribution in [2.24, 2.45) is 0 Å². The van der Waals surface area contributed by atoms with Crippen LogP contribution in [0.4, 0.5) is 10.5 Å². The summed E-state index contributed by atoms with van der Waals surface area (Å²) >= 11 is 0. The highest BCUT2D eigenvalue weighted by atomic mass is 16.5. The van der Waals surface area contributed by atoms with Crippen LogP contribution in [-0.4, -0.2) is 24.8 Å². The van der Waals surface area contributed by atoms with Crippen molar-refractivity contribution in [3.05, 3.63) is 59.2 Å². The fourth-order valence-corrected chi connectivity index (χ4v) is 2.69. The first-order valence-electron chi connectivity index (χ1n) is 8.56. The summed E-state index contributed by atoms with van der Waals surface area (Å²) in [5, 5.41) is 15.9. The van der Waals surface area contributed by atoms with Gasteiger partial charge in [0.1, 0.15) is 5.75 Å². The lowest BCUT2D eigenvalue weighted by molar-refractivity contribution is 0.175. The summed E-state index contributed by atoms with van der Waals surface area (Å²) in [6.07, 6.45) is 0.916. The van der Waals surface area contributed by atoms with Gasteiger partial charge in [-0.1, -0.05) is 44.2 Å². The molecule has 5 heteroatoms. The number of aryl methyl sites for hydroxylation is 2. The molecule has 0 aliphatic carbocycles. The number of carbonyl (C=O) groups excluding carboxylic acids is 1. The molecule has 5 nitrogen and oxygen atoms in total. The number of nitrogens with one attached hydrogen (secondary N) is 2. The number of aliphatic hydroxyl groups excluding tert-OH is 1. The van der Waals surface area contributed by atoms with Gasteiger partial charge in [0.15, 0.2) is 0 Å². The third-order valence-electron chi connectivity index (χ3n) is 4.19. The van der Waals surface area contributed by atoms with E-state index in [2.05, 4.69) is 24.5 Å². The van der Waals surface area contributed by atoms with Crippen LogP contribution in [0.5, 0.6) is 5.75 Å². The number of benzene rings is 2. The van der Waals surface area contributed by atoms with Crippen molar-refractivity contribution >= 4 is 11.7 Å². The van der Waals surface area contributed by atoms with Crippen LogP contribution in [0, 0.1) is 0 Å². The predicted octanol–water partition coefficient (Wildman–Crippen LogP) is 3.68. The monoisotopic (exact) mass is 342 g/mol. The fourth-order valence-electron chi connectivity index (χ4n) is 2.69. The van der Waals surface area contributed by atoms with Gasteiger partial charge in [0, 0.05) is 12.2 Å². The average Bonchev–Trinajstić information content (AvgIpc) is 2.66. The topological polar surface area (TPSA) is 70.6 Å². The Morgan fingerprint density at radius 2 is 1.68 bits per heavy atom. The summed E-state index contributed by atoms with van der Waals surface area (Å²) in [6, 6.07) is 12.8. The highest BCUT2D eigenvalue weighted by Crippen LogP contribution is 2.22. The van der Waals surface area contributed by atoms with E-state index >= 15 is 0 Å². The molecule has 1 atom stereocenters. The molecule has 2 amide bonds. The molecule has 2 aromatic rings. The van der Waals surface area contributed by atoms with Crippen molar-refractivity contribution in [2.75, 3.05) is 19.0 Å². The van der Waals surface area contributed by atoms with Gasteiger partial charge in [-0.15, -0.1) is 0 Å². The second-order valence-corrected chi connectivity index (χ2v) is 5.78. The summed E-state index contributed by atoms with van der Waals surface area (Å²) in [6.45, 7) is 4.25. The van der Waals surface area contributed by atoms with Crippen LogP contribution in [0.1, 0.15) is 36.6 Å². The number of amides is 2. The van der Waals surface area contributed by atoms with E-state index in [0.29, 0.717) is 0 Å². The number of carbonyl (C=O) groups is 1. The molecule has 1 unspecified atom stereocenters.